The zero-order chi connectivity index (χ0) is 19.6. The van der Waals surface area contributed by atoms with Crippen molar-refractivity contribution >= 4 is 11.9 Å². The molecule has 1 aromatic heterocycles. The minimum absolute atomic E-state index is 0.0937. The Morgan fingerprint density at radius 2 is 1.85 bits per heavy atom. The predicted octanol–water partition coefficient (Wildman–Crippen LogP) is 2.31. The van der Waals surface area contributed by atoms with Gasteiger partial charge >= 0.3 is 6.03 Å². The number of nitrogens with one attached hydrogen (secondary N) is 1. The van der Waals surface area contributed by atoms with E-state index >= 15 is 0 Å². The number of ether oxygens (including phenoxy) is 1. The SMILES string of the molecule is CC(C)Oc1ccc(CN2C(=O)NC(Cc3cn(C(C)C)nn3)C2=O)cc1. The third kappa shape index (κ3) is 4.45. The number of hydrogen-bond acceptors (Lipinski definition) is 5. The van der Waals surface area contributed by atoms with Crippen LogP contribution in [0.25, 0.3) is 0 Å². The number of amides is 3. The van der Waals surface area contributed by atoms with Gasteiger partial charge in [0.15, 0.2) is 0 Å². The van der Waals surface area contributed by atoms with Crippen molar-refractivity contribution in [2.75, 3.05) is 0 Å². The van der Waals surface area contributed by atoms with Crippen LogP contribution in [0, 0.1) is 0 Å². The molecule has 3 rings (SSSR count). The lowest BCUT2D eigenvalue weighted by Gasteiger charge is -2.14. The highest BCUT2D eigenvalue weighted by Crippen LogP contribution is 2.18. The van der Waals surface area contributed by atoms with Gasteiger partial charge in [-0.25, -0.2) is 9.48 Å². The van der Waals surface area contributed by atoms with Gasteiger partial charge in [-0.05, 0) is 45.4 Å². The molecule has 144 valence electrons. The second kappa shape index (κ2) is 7.77. The van der Waals surface area contributed by atoms with Gasteiger partial charge < -0.3 is 10.1 Å². The van der Waals surface area contributed by atoms with Crippen molar-refractivity contribution in [2.45, 2.75) is 58.8 Å². The van der Waals surface area contributed by atoms with Crippen LogP contribution in [0.5, 0.6) is 5.75 Å². The topological polar surface area (TPSA) is 89.3 Å². The summed E-state index contributed by atoms with van der Waals surface area (Å²) < 4.78 is 7.34. The van der Waals surface area contributed by atoms with E-state index in [1.807, 2.05) is 52.0 Å². The van der Waals surface area contributed by atoms with Gasteiger partial charge in [0.1, 0.15) is 11.8 Å². The maximum atomic E-state index is 12.6. The Morgan fingerprint density at radius 1 is 1.15 bits per heavy atom. The fourth-order valence-electron chi connectivity index (χ4n) is 2.86. The van der Waals surface area contributed by atoms with Gasteiger partial charge in [-0.15, -0.1) is 5.10 Å². The van der Waals surface area contributed by atoms with Crippen LogP contribution in [0.4, 0.5) is 4.79 Å². The molecule has 0 spiro atoms. The number of carbonyl (C=O) groups is 2. The molecule has 1 aliphatic rings. The number of urea groups is 1. The number of imide groups is 1. The van der Waals surface area contributed by atoms with Crippen molar-refractivity contribution < 1.29 is 14.3 Å². The normalized spacial score (nSPS) is 17.1. The quantitative estimate of drug-likeness (QED) is 0.755. The van der Waals surface area contributed by atoms with E-state index in [-0.39, 0.29) is 30.6 Å². The van der Waals surface area contributed by atoms with E-state index in [1.54, 1.807) is 10.9 Å². The first-order chi connectivity index (χ1) is 12.8. The van der Waals surface area contributed by atoms with Crippen LogP contribution in [0.15, 0.2) is 30.5 Å². The average molecular weight is 371 g/mol. The minimum atomic E-state index is -0.613. The van der Waals surface area contributed by atoms with E-state index in [0.717, 1.165) is 11.3 Å². The maximum absolute atomic E-state index is 12.6. The first kappa shape index (κ1) is 18.9. The van der Waals surface area contributed by atoms with E-state index in [9.17, 15) is 9.59 Å². The van der Waals surface area contributed by atoms with Crippen LogP contribution in [-0.2, 0) is 17.8 Å². The van der Waals surface area contributed by atoms with Crippen molar-refractivity contribution in [3.63, 3.8) is 0 Å². The fourth-order valence-corrected chi connectivity index (χ4v) is 2.86. The van der Waals surface area contributed by atoms with Gasteiger partial charge in [0, 0.05) is 18.7 Å². The molecule has 2 aromatic rings. The first-order valence-electron chi connectivity index (χ1n) is 9.11. The highest BCUT2D eigenvalue weighted by atomic mass is 16.5. The fraction of sp³-hybridized carbons (Fsp3) is 0.474. The molecule has 0 aliphatic carbocycles. The van der Waals surface area contributed by atoms with Gasteiger partial charge in [-0.1, -0.05) is 17.3 Å². The first-order valence-corrected chi connectivity index (χ1v) is 9.11. The van der Waals surface area contributed by atoms with E-state index in [0.29, 0.717) is 12.1 Å². The van der Waals surface area contributed by atoms with Crippen molar-refractivity contribution in [3.05, 3.63) is 41.7 Å². The summed E-state index contributed by atoms with van der Waals surface area (Å²) in [5, 5.41) is 10.8. The van der Waals surface area contributed by atoms with Crippen LogP contribution in [0.1, 0.15) is 45.0 Å². The molecule has 1 N–H and O–H groups in total. The molecule has 1 atom stereocenters. The predicted molar refractivity (Wildman–Crippen MR) is 99.2 cm³/mol. The Hall–Kier alpha value is -2.90. The van der Waals surface area contributed by atoms with Gasteiger partial charge in [0.05, 0.1) is 18.3 Å². The molecule has 2 heterocycles. The Bertz CT molecular complexity index is 813. The molecule has 3 amide bonds. The van der Waals surface area contributed by atoms with Gasteiger partial charge in [0.2, 0.25) is 0 Å². The summed E-state index contributed by atoms with van der Waals surface area (Å²) in [6.07, 6.45) is 2.23. The summed E-state index contributed by atoms with van der Waals surface area (Å²) in [5.74, 6) is 0.513. The number of aromatic nitrogens is 3. The summed E-state index contributed by atoms with van der Waals surface area (Å²) in [4.78, 5) is 26.1. The van der Waals surface area contributed by atoms with E-state index in [2.05, 4.69) is 15.6 Å². The number of carbonyl (C=O) groups excluding carboxylic acids is 2. The molecule has 1 fully saturated rings. The lowest BCUT2D eigenvalue weighted by atomic mass is 10.1. The molecule has 27 heavy (non-hydrogen) atoms. The van der Waals surface area contributed by atoms with E-state index < -0.39 is 6.04 Å². The van der Waals surface area contributed by atoms with E-state index in [4.69, 9.17) is 4.74 Å². The van der Waals surface area contributed by atoms with Crippen molar-refractivity contribution in [1.29, 1.82) is 0 Å². The molecule has 0 saturated carbocycles. The van der Waals surface area contributed by atoms with E-state index in [1.165, 1.54) is 4.90 Å². The van der Waals surface area contributed by atoms with Crippen LogP contribution < -0.4 is 10.1 Å². The second-order valence-corrected chi connectivity index (χ2v) is 7.22. The second-order valence-electron chi connectivity index (χ2n) is 7.22. The largest absolute Gasteiger partial charge is 0.491 e. The van der Waals surface area contributed by atoms with Gasteiger partial charge in [-0.3, -0.25) is 9.69 Å². The average Bonchev–Trinajstić information content (AvgIpc) is 3.17. The van der Waals surface area contributed by atoms with Crippen LogP contribution in [0.3, 0.4) is 0 Å². The monoisotopic (exact) mass is 371 g/mol. The summed E-state index contributed by atoms with van der Waals surface area (Å²) in [6.45, 7) is 8.14. The summed E-state index contributed by atoms with van der Waals surface area (Å²) in [7, 11) is 0. The summed E-state index contributed by atoms with van der Waals surface area (Å²) >= 11 is 0. The third-order valence-electron chi connectivity index (χ3n) is 4.24. The molecule has 1 saturated heterocycles. The molecule has 1 aromatic carbocycles. The Morgan fingerprint density at radius 3 is 2.44 bits per heavy atom. The minimum Gasteiger partial charge on any atom is -0.491 e. The molecule has 8 heteroatoms. The highest BCUT2D eigenvalue weighted by molar-refractivity contribution is 6.04. The highest BCUT2D eigenvalue weighted by Gasteiger charge is 2.38. The van der Waals surface area contributed by atoms with Crippen molar-refractivity contribution in [2.24, 2.45) is 0 Å². The zero-order valence-electron chi connectivity index (χ0n) is 16.0. The molecule has 1 aliphatic heterocycles. The number of hydrogen-bond donors (Lipinski definition) is 1. The summed E-state index contributed by atoms with van der Waals surface area (Å²) in [6, 6.07) is 6.60. The standard InChI is InChI=1S/C19H25N5O3/c1-12(2)24-11-15(21-22-24)9-17-18(25)23(19(26)20-17)10-14-5-7-16(8-6-14)27-13(3)4/h5-8,11-13,17H,9-10H2,1-4H3,(H,20,26). The molecule has 0 bridgehead atoms. The molecular formula is C19H25N5O3. The number of rotatable bonds is 7. The van der Waals surface area contributed by atoms with Crippen LogP contribution in [-0.4, -0.2) is 44.0 Å². The smallest absolute Gasteiger partial charge is 0.325 e. The summed E-state index contributed by atoms with van der Waals surface area (Å²) in [5.41, 5.74) is 1.54. The third-order valence-corrected chi connectivity index (χ3v) is 4.24. The lowest BCUT2D eigenvalue weighted by Crippen LogP contribution is -2.32. The Balaban J connectivity index is 1.63. The molecule has 8 nitrogen and oxygen atoms in total. The van der Waals surface area contributed by atoms with Crippen molar-refractivity contribution in [1.82, 2.24) is 25.2 Å². The maximum Gasteiger partial charge on any atom is 0.325 e. The molecule has 0 radical (unpaired) electrons. The Labute approximate surface area is 158 Å². The number of benzene rings is 1. The zero-order valence-corrected chi connectivity index (χ0v) is 16.0. The van der Waals surface area contributed by atoms with Crippen LogP contribution >= 0.6 is 0 Å². The van der Waals surface area contributed by atoms with Crippen molar-refractivity contribution in [3.8, 4) is 5.75 Å². The van der Waals surface area contributed by atoms with Gasteiger partial charge in [-0.2, -0.15) is 0 Å². The van der Waals surface area contributed by atoms with Crippen LogP contribution in [0.2, 0.25) is 0 Å². The molecule has 1 unspecified atom stereocenters. The Kier molecular flexibility index (Phi) is 5.43. The molecular weight excluding hydrogens is 346 g/mol. The van der Waals surface area contributed by atoms with Gasteiger partial charge in [0.25, 0.3) is 5.91 Å². The lowest BCUT2D eigenvalue weighted by molar-refractivity contribution is -0.127. The number of nitrogens with zero attached hydrogens (tertiary/aromatic N) is 4.